The van der Waals surface area contributed by atoms with Gasteiger partial charge in [0.1, 0.15) is 0 Å². The summed E-state index contributed by atoms with van der Waals surface area (Å²) in [5, 5.41) is 0. The molecule has 1 unspecified atom stereocenters. The van der Waals surface area contributed by atoms with Crippen molar-refractivity contribution in [2.75, 3.05) is 13.1 Å². The fraction of sp³-hybridized carbons (Fsp3) is 0.556. The first-order valence-electron chi connectivity index (χ1n) is 7.58. The van der Waals surface area contributed by atoms with Gasteiger partial charge in [-0.3, -0.25) is 4.90 Å². The second-order valence-electron chi connectivity index (χ2n) is 5.69. The Kier molecular flexibility index (Phi) is 5.05. The minimum absolute atomic E-state index is 0.0579. The second-order valence-corrected chi connectivity index (χ2v) is 5.69. The van der Waals surface area contributed by atoms with Crippen LogP contribution in [0.25, 0.3) is 0 Å². The van der Waals surface area contributed by atoms with Crippen molar-refractivity contribution in [1.29, 1.82) is 0 Å². The van der Waals surface area contributed by atoms with Gasteiger partial charge in [-0.15, -0.1) is 0 Å². The van der Waals surface area contributed by atoms with Crippen molar-refractivity contribution < 1.29 is 0 Å². The van der Waals surface area contributed by atoms with Crippen molar-refractivity contribution in [2.45, 2.75) is 51.5 Å². The zero-order valence-electron chi connectivity index (χ0n) is 12.3. The molecule has 1 nitrogen and oxygen atoms in total. The van der Waals surface area contributed by atoms with E-state index in [0.29, 0.717) is 0 Å². The molecule has 1 heteroatoms. The first-order valence-corrected chi connectivity index (χ1v) is 7.58. The van der Waals surface area contributed by atoms with Crippen LogP contribution >= 0.6 is 0 Å². The molecular formula is C18H25N. The fourth-order valence-corrected chi connectivity index (χ4v) is 2.76. The molecular weight excluding hydrogens is 230 g/mol. The van der Waals surface area contributed by atoms with Gasteiger partial charge < -0.3 is 0 Å². The third kappa shape index (κ3) is 3.85. The SMILES string of the molecule is CCCCC(C)(C#Cc1ccccc1)N1CCCC1. The Morgan fingerprint density at radius 3 is 2.47 bits per heavy atom. The summed E-state index contributed by atoms with van der Waals surface area (Å²) in [4.78, 5) is 2.58. The standard InChI is InChI=1S/C18H25N/c1-3-4-13-18(2,19-15-8-9-16-19)14-12-17-10-6-5-7-11-17/h5-7,10-11H,3-4,8-9,13,15-16H2,1-2H3. The summed E-state index contributed by atoms with van der Waals surface area (Å²) in [6, 6.07) is 10.4. The van der Waals surface area contributed by atoms with Crippen LogP contribution in [0.3, 0.4) is 0 Å². The molecule has 1 atom stereocenters. The number of hydrogen-bond donors (Lipinski definition) is 0. The molecule has 1 fully saturated rings. The number of unbranched alkanes of at least 4 members (excludes halogenated alkanes) is 1. The smallest absolute Gasteiger partial charge is 0.0801 e. The molecule has 0 aliphatic carbocycles. The Labute approximate surface area is 118 Å². The minimum atomic E-state index is 0.0579. The Morgan fingerprint density at radius 2 is 1.84 bits per heavy atom. The van der Waals surface area contributed by atoms with E-state index in [2.05, 4.69) is 54.9 Å². The zero-order valence-corrected chi connectivity index (χ0v) is 12.3. The summed E-state index contributed by atoms with van der Waals surface area (Å²) in [5.74, 6) is 6.94. The Hall–Kier alpha value is -1.26. The van der Waals surface area contributed by atoms with E-state index in [0.717, 1.165) is 5.56 Å². The number of rotatable bonds is 4. The summed E-state index contributed by atoms with van der Waals surface area (Å²) in [6.07, 6.45) is 6.35. The first-order chi connectivity index (χ1) is 9.24. The van der Waals surface area contributed by atoms with Crippen molar-refractivity contribution in [3.63, 3.8) is 0 Å². The van der Waals surface area contributed by atoms with E-state index in [1.165, 1.54) is 45.2 Å². The van der Waals surface area contributed by atoms with E-state index in [9.17, 15) is 0 Å². The molecule has 1 heterocycles. The van der Waals surface area contributed by atoms with Gasteiger partial charge in [-0.25, -0.2) is 0 Å². The van der Waals surface area contributed by atoms with Crippen LogP contribution in [0.4, 0.5) is 0 Å². The molecule has 1 aromatic rings. The summed E-state index contributed by atoms with van der Waals surface area (Å²) in [5.41, 5.74) is 1.19. The van der Waals surface area contributed by atoms with Crippen molar-refractivity contribution in [1.82, 2.24) is 4.90 Å². The molecule has 0 amide bonds. The van der Waals surface area contributed by atoms with E-state index in [4.69, 9.17) is 0 Å². The zero-order chi connectivity index (χ0) is 13.6. The van der Waals surface area contributed by atoms with E-state index in [1.54, 1.807) is 0 Å². The van der Waals surface area contributed by atoms with Gasteiger partial charge in [0.2, 0.25) is 0 Å². The lowest BCUT2D eigenvalue weighted by Crippen LogP contribution is -2.43. The quantitative estimate of drug-likeness (QED) is 0.733. The Morgan fingerprint density at radius 1 is 1.16 bits per heavy atom. The number of benzene rings is 1. The lowest BCUT2D eigenvalue weighted by Gasteiger charge is -2.34. The molecule has 1 aliphatic heterocycles. The van der Waals surface area contributed by atoms with Crippen LogP contribution in [-0.4, -0.2) is 23.5 Å². The normalized spacial score (nSPS) is 18.6. The van der Waals surface area contributed by atoms with Crippen molar-refractivity contribution in [2.24, 2.45) is 0 Å². The van der Waals surface area contributed by atoms with Crippen LogP contribution < -0.4 is 0 Å². The second kappa shape index (κ2) is 6.78. The highest BCUT2D eigenvalue weighted by molar-refractivity contribution is 5.36. The van der Waals surface area contributed by atoms with E-state index in [1.807, 2.05) is 6.07 Å². The van der Waals surface area contributed by atoms with Gasteiger partial charge in [0.25, 0.3) is 0 Å². The van der Waals surface area contributed by atoms with Crippen molar-refractivity contribution in [3.05, 3.63) is 35.9 Å². The third-order valence-electron chi connectivity index (χ3n) is 4.07. The highest BCUT2D eigenvalue weighted by Crippen LogP contribution is 2.26. The average Bonchev–Trinajstić information content (AvgIpc) is 2.99. The molecule has 2 rings (SSSR count). The van der Waals surface area contributed by atoms with Crippen LogP contribution in [0.15, 0.2) is 30.3 Å². The largest absolute Gasteiger partial charge is 0.288 e. The molecule has 1 aliphatic rings. The molecule has 0 bridgehead atoms. The highest BCUT2D eigenvalue weighted by Gasteiger charge is 2.31. The highest BCUT2D eigenvalue weighted by atomic mass is 15.2. The van der Waals surface area contributed by atoms with Gasteiger partial charge in [-0.2, -0.15) is 0 Å². The topological polar surface area (TPSA) is 3.24 Å². The molecule has 0 spiro atoms. The van der Waals surface area contributed by atoms with Crippen LogP contribution in [0, 0.1) is 11.8 Å². The summed E-state index contributed by atoms with van der Waals surface area (Å²) in [6.45, 7) is 7.01. The maximum absolute atomic E-state index is 3.57. The summed E-state index contributed by atoms with van der Waals surface area (Å²) < 4.78 is 0. The molecule has 0 N–H and O–H groups in total. The maximum atomic E-state index is 3.57. The summed E-state index contributed by atoms with van der Waals surface area (Å²) in [7, 11) is 0. The molecule has 0 saturated carbocycles. The number of nitrogens with zero attached hydrogens (tertiary/aromatic N) is 1. The van der Waals surface area contributed by atoms with E-state index < -0.39 is 0 Å². The lowest BCUT2D eigenvalue weighted by atomic mass is 9.93. The Bertz CT molecular complexity index is 434. The molecule has 1 saturated heterocycles. The van der Waals surface area contributed by atoms with Gasteiger partial charge in [-0.05, 0) is 51.4 Å². The van der Waals surface area contributed by atoms with Gasteiger partial charge >= 0.3 is 0 Å². The maximum Gasteiger partial charge on any atom is 0.0801 e. The number of hydrogen-bond acceptors (Lipinski definition) is 1. The first kappa shape index (κ1) is 14.2. The number of likely N-dealkylation sites (tertiary alicyclic amines) is 1. The predicted octanol–water partition coefficient (Wildman–Crippen LogP) is 4.08. The molecule has 0 aromatic heterocycles. The van der Waals surface area contributed by atoms with Crippen LogP contribution in [0.2, 0.25) is 0 Å². The molecule has 0 radical (unpaired) electrons. The van der Waals surface area contributed by atoms with Gasteiger partial charge in [0, 0.05) is 5.56 Å². The van der Waals surface area contributed by atoms with Gasteiger partial charge in [0.15, 0.2) is 0 Å². The summed E-state index contributed by atoms with van der Waals surface area (Å²) >= 11 is 0. The minimum Gasteiger partial charge on any atom is -0.288 e. The molecule has 102 valence electrons. The lowest BCUT2D eigenvalue weighted by molar-refractivity contribution is 0.180. The Balaban J connectivity index is 2.15. The van der Waals surface area contributed by atoms with Crippen LogP contribution in [0.1, 0.15) is 51.5 Å². The molecule has 19 heavy (non-hydrogen) atoms. The van der Waals surface area contributed by atoms with Gasteiger partial charge in [0.05, 0.1) is 5.54 Å². The van der Waals surface area contributed by atoms with E-state index >= 15 is 0 Å². The van der Waals surface area contributed by atoms with E-state index in [-0.39, 0.29) is 5.54 Å². The van der Waals surface area contributed by atoms with Gasteiger partial charge in [-0.1, -0.05) is 49.8 Å². The third-order valence-corrected chi connectivity index (χ3v) is 4.07. The molecule has 1 aromatic carbocycles. The monoisotopic (exact) mass is 255 g/mol. The van der Waals surface area contributed by atoms with Crippen LogP contribution in [0.5, 0.6) is 0 Å². The fourth-order valence-electron chi connectivity index (χ4n) is 2.76. The van der Waals surface area contributed by atoms with Crippen molar-refractivity contribution in [3.8, 4) is 11.8 Å². The predicted molar refractivity (Wildman–Crippen MR) is 82.1 cm³/mol. The van der Waals surface area contributed by atoms with Crippen LogP contribution in [-0.2, 0) is 0 Å². The van der Waals surface area contributed by atoms with Crippen molar-refractivity contribution >= 4 is 0 Å². The average molecular weight is 255 g/mol.